The number of benzene rings is 2. The molecule has 80 heavy (non-hydrogen) atoms. The molecule has 7 amide bonds. The van der Waals surface area contributed by atoms with E-state index in [0.717, 1.165) is 37.7 Å². The second-order valence-corrected chi connectivity index (χ2v) is 23.2. The first-order chi connectivity index (χ1) is 37.9. The second kappa shape index (κ2) is 33.9. The number of likely N-dealkylation sites (tertiary alicyclic amines) is 1. The van der Waals surface area contributed by atoms with Crippen LogP contribution in [-0.2, 0) is 40.1 Å². The van der Waals surface area contributed by atoms with Gasteiger partial charge in [0.15, 0.2) is 0 Å². The van der Waals surface area contributed by atoms with E-state index in [0.29, 0.717) is 49.4 Å². The highest BCUT2D eigenvalue weighted by atomic mass is 16.6. The van der Waals surface area contributed by atoms with Gasteiger partial charge in [0, 0.05) is 57.9 Å². The zero-order chi connectivity index (χ0) is 60.0. The van der Waals surface area contributed by atoms with Crippen LogP contribution in [0.2, 0.25) is 0 Å². The average molecular weight is 1120 g/mol. The standard InChI is InChI=1S/C62H101N7O11/c1-16-20-24-45(18-3)46-28-30-47(31-29-46)56(71)43(12)64-58(73)42(11)49(19-4)50-25-22-35-69(50)52(70)36-51(79-15)55(40(9)17-2)67(13)60(75)53(38(5)6)66-59(74)54(39(7)8)68(14)62(78)80-37-44-26-32-48(33-27-44)65-57(72)41(10)23-21-34-63-61(76)77/h26-33,38-43,45,49-51,53-56,63,71H,16-25,34-37H2,1-15H3,(H,64,73)(H,65,72)(H,66,74)(H,76,77)/t40?,41-,42+,43+,45?,49+,50-,51+,53-,54-,55-,56+/m0/s1. The molecule has 0 radical (unpaired) electrons. The van der Waals surface area contributed by atoms with Gasteiger partial charge in [-0.2, -0.15) is 0 Å². The minimum atomic E-state index is -1.11. The number of ether oxygens (including phenoxy) is 2. The fourth-order valence-electron chi connectivity index (χ4n) is 11.4. The molecule has 0 aliphatic carbocycles. The molecule has 12 atom stereocenters. The largest absolute Gasteiger partial charge is 0.465 e. The van der Waals surface area contributed by atoms with Crippen LogP contribution in [0.4, 0.5) is 15.3 Å². The normalized spacial score (nSPS) is 17.6. The Morgan fingerprint density at radius 1 is 0.750 bits per heavy atom. The van der Waals surface area contributed by atoms with Gasteiger partial charge in [-0.15, -0.1) is 0 Å². The SMILES string of the molecule is CCCCC(CC)c1ccc([C@H](O)[C@@H](C)NC(=O)[C@H](C)[C@@H](CC)[C@@H]2CCCN2C(=O)C[C@@H](OC)[C@H](C(C)CC)N(C)C(=O)[C@@H](NC(=O)[C@H](C(C)C)N(C)C(=O)OCc2ccc(NC(=O)[C@@H](C)CCCNC(=O)O)cc2)C(C)C)cc1. The van der Waals surface area contributed by atoms with Crippen LogP contribution in [0.1, 0.15) is 182 Å². The molecule has 2 aromatic carbocycles. The molecule has 18 heteroatoms. The summed E-state index contributed by atoms with van der Waals surface area (Å²) in [6.07, 6.45) is 4.92. The van der Waals surface area contributed by atoms with E-state index in [1.807, 2.05) is 65.5 Å². The topological polar surface area (TPSA) is 236 Å². The van der Waals surface area contributed by atoms with Crippen LogP contribution < -0.4 is 21.3 Å². The number of hydrogen-bond acceptors (Lipinski definition) is 10. The maximum Gasteiger partial charge on any atom is 0.410 e. The van der Waals surface area contributed by atoms with Crippen LogP contribution in [0, 0.1) is 35.5 Å². The Kier molecular flexibility index (Phi) is 29.0. The van der Waals surface area contributed by atoms with Gasteiger partial charge >= 0.3 is 12.2 Å². The summed E-state index contributed by atoms with van der Waals surface area (Å²) < 4.78 is 11.8. The molecule has 2 unspecified atom stereocenters. The van der Waals surface area contributed by atoms with Crippen LogP contribution >= 0.6 is 0 Å². The number of aliphatic hydroxyl groups excluding tert-OH is 1. The summed E-state index contributed by atoms with van der Waals surface area (Å²) in [5.74, 6) is -2.71. The minimum absolute atomic E-state index is 0.00561. The Bertz CT molecular complexity index is 2260. The summed E-state index contributed by atoms with van der Waals surface area (Å²) in [5.41, 5.74) is 3.21. The van der Waals surface area contributed by atoms with Gasteiger partial charge in [-0.05, 0) is 104 Å². The lowest BCUT2D eigenvalue weighted by molar-refractivity contribution is -0.147. The number of carboxylic acid groups (broad SMARTS) is 1. The molecule has 450 valence electrons. The van der Waals surface area contributed by atoms with E-state index in [1.54, 1.807) is 64.1 Å². The van der Waals surface area contributed by atoms with Crippen molar-refractivity contribution in [2.75, 3.05) is 39.6 Å². The Morgan fingerprint density at radius 3 is 1.94 bits per heavy atom. The van der Waals surface area contributed by atoms with Gasteiger partial charge in [0.05, 0.1) is 30.7 Å². The van der Waals surface area contributed by atoms with Crippen LogP contribution in [0.25, 0.3) is 0 Å². The lowest BCUT2D eigenvalue weighted by Crippen LogP contribution is -2.60. The summed E-state index contributed by atoms with van der Waals surface area (Å²) in [6, 6.07) is 11.6. The van der Waals surface area contributed by atoms with E-state index in [2.05, 4.69) is 47.2 Å². The smallest absolute Gasteiger partial charge is 0.410 e. The van der Waals surface area contributed by atoms with Gasteiger partial charge in [-0.25, -0.2) is 9.59 Å². The van der Waals surface area contributed by atoms with E-state index in [9.17, 15) is 38.7 Å². The maximum atomic E-state index is 14.7. The molecule has 0 saturated carbocycles. The molecule has 0 aromatic heterocycles. The summed E-state index contributed by atoms with van der Waals surface area (Å²) in [4.78, 5) is 99.2. The van der Waals surface area contributed by atoms with E-state index in [1.165, 1.54) is 23.9 Å². The van der Waals surface area contributed by atoms with Crippen molar-refractivity contribution >= 4 is 47.4 Å². The number of aliphatic hydroxyl groups is 1. The zero-order valence-corrected chi connectivity index (χ0v) is 51.0. The number of carbonyl (C=O) groups excluding carboxylic acids is 6. The second-order valence-electron chi connectivity index (χ2n) is 23.2. The van der Waals surface area contributed by atoms with E-state index in [4.69, 9.17) is 14.6 Å². The van der Waals surface area contributed by atoms with Crippen molar-refractivity contribution in [2.45, 2.75) is 209 Å². The van der Waals surface area contributed by atoms with Crippen molar-refractivity contribution < 1.29 is 53.2 Å². The van der Waals surface area contributed by atoms with Crippen LogP contribution in [0.3, 0.4) is 0 Å². The molecule has 18 nitrogen and oxygen atoms in total. The van der Waals surface area contributed by atoms with Crippen molar-refractivity contribution in [3.8, 4) is 0 Å². The zero-order valence-electron chi connectivity index (χ0n) is 51.0. The molecule has 1 heterocycles. The van der Waals surface area contributed by atoms with Gasteiger partial charge in [0.25, 0.3) is 0 Å². The molecule has 0 bridgehead atoms. The van der Waals surface area contributed by atoms with Crippen molar-refractivity contribution in [3.63, 3.8) is 0 Å². The number of hydrogen-bond donors (Lipinski definition) is 6. The number of methoxy groups -OCH3 is 1. The van der Waals surface area contributed by atoms with E-state index < -0.39 is 60.4 Å². The quantitative estimate of drug-likeness (QED) is 0.0368. The first-order valence-corrected chi connectivity index (χ1v) is 29.6. The number of rotatable bonds is 33. The number of nitrogens with zero attached hydrogens (tertiary/aromatic N) is 3. The molecule has 1 aliphatic rings. The number of likely N-dealkylation sites (N-methyl/N-ethyl adjacent to an activating group) is 2. The summed E-state index contributed by atoms with van der Waals surface area (Å²) >= 11 is 0. The fourth-order valence-corrected chi connectivity index (χ4v) is 11.4. The molecule has 1 fully saturated rings. The van der Waals surface area contributed by atoms with Crippen molar-refractivity contribution in [2.24, 2.45) is 35.5 Å². The predicted octanol–water partition coefficient (Wildman–Crippen LogP) is 9.90. The van der Waals surface area contributed by atoms with Crippen LogP contribution in [0.15, 0.2) is 48.5 Å². The Morgan fingerprint density at radius 2 is 1.39 bits per heavy atom. The molecule has 0 spiro atoms. The fraction of sp³-hybridized carbons (Fsp3) is 0.694. The highest BCUT2D eigenvalue weighted by Crippen LogP contribution is 2.34. The minimum Gasteiger partial charge on any atom is -0.465 e. The third kappa shape index (κ3) is 19.8. The van der Waals surface area contributed by atoms with Gasteiger partial charge in [-0.1, -0.05) is 138 Å². The van der Waals surface area contributed by atoms with E-state index in [-0.39, 0.29) is 78.8 Å². The monoisotopic (exact) mass is 1120 g/mol. The first-order valence-electron chi connectivity index (χ1n) is 29.6. The number of carbonyl (C=O) groups is 7. The molecule has 1 aliphatic heterocycles. The maximum absolute atomic E-state index is 14.7. The lowest BCUT2D eigenvalue weighted by Gasteiger charge is -2.41. The molecule has 3 rings (SSSR count). The van der Waals surface area contributed by atoms with Crippen molar-refractivity contribution in [1.82, 2.24) is 30.7 Å². The summed E-state index contributed by atoms with van der Waals surface area (Å²) in [5, 5.41) is 31.3. The number of nitrogens with one attached hydrogen (secondary N) is 4. The Hall–Kier alpha value is -5.75. The summed E-state index contributed by atoms with van der Waals surface area (Å²) in [7, 11) is 4.71. The predicted molar refractivity (Wildman–Crippen MR) is 314 cm³/mol. The van der Waals surface area contributed by atoms with Gasteiger partial charge in [0.2, 0.25) is 29.5 Å². The third-order valence-corrected chi connectivity index (χ3v) is 16.7. The lowest BCUT2D eigenvalue weighted by atomic mass is 9.82. The van der Waals surface area contributed by atoms with E-state index >= 15 is 0 Å². The average Bonchev–Trinajstić information content (AvgIpc) is 3.92. The Labute approximate surface area is 478 Å². The van der Waals surface area contributed by atoms with Crippen molar-refractivity contribution in [1.29, 1.82) is 0 Å². The first kappa shape index (κ1) is 68.5. The van der Waals surface area contributed by atoms with Crippen LogP contribution in [-0.4, -0.2) is 137 Å². The van der Waals surface area contributed by atoms with Gasteiger partial charge in [0.1, 0.15) is 18.7 Å². The highest BCUT2D eigenvalue weighted by Gasteiger charge is 2.43. The van der Waals surface area contributed by atoms with Gasteiger partial charge in [-0.3, -0.25) is 28.9 Å². The number of anilines is 1. The van der Waals surface area contributed by atoms with Gasteiger partial charge < -0.3 is 50.8 Å². The molecular formula is C62H101N7O11. The number of amides is 7. The molecule has 6 N–H and O–H groups in total. The molecular weight excluding hydrogens is 1020 g/mol. The summed E-state index contributed by atoms with van der Waals surface area (Å²) in [6.45, 7) is 23.9. The van der Waals surface area contributed by atoms with Crippen molar-refractivity contribution in [3.05, 3.63) is 65.2 Å². The van der Waals surface area contributed by atoms with Crippen LogP contribution in [0.5, 0.6) is 0 Å². The molecule has 2 aromatic rings. The Balaban J connectivity index is 1.68. The third-order valence-electron chi connectivity index (χ3n) is 16.7. The highest BCUT2D eigenvalue weighted by molar-refractivity contribution is 5.93. The molecule has 1 saturated heterocycles. The number of unbranched alkanes of at least 4 members (excludes halogenated alkanes) is 1.